The van der Waals surface area contributed by atoms with E-state index in [-0.39, 0.29) is 17.0 Å². The van der Waals surface area contributed by atoms with Gasteiger partial charge < -0.3 is 26.2 Å². The number of methoxy groups -OCH3 is 1. The molecular weight excluding hydrogens is 306 g/mol. The number of piperidine rings is 3. The molecule has 0 saturated carbocycles. The molecule has 19 heavy (non-hydrogen) atoms. The molecule has 4 rings (SSSR count). The number of ketones is 1. The Bertz CT molecular complexity index is 450. The Balaban J connectivity index is 0.00000133. The van der Waals surface area contributed by atoms with Gasteiger partial charge in [0.25, 0.3) is 0 Å². The predicted molar refractivity (Wildman–Crippen MR) is 69.3 cm³/mol. The monoisotopic (exact) mass is 325 g/mol. The minimum atomic E-state index is 0. The van der Waals surface area contributed by atoms with Crippen LogP contribution in [0.4, 0.5) is 0 Å². The molecule has 0 unspecified atom stereocenters. The molecule has 3 aliphatic heterocycles. The molecule has 3 saturated heterocycles. The number of Topliss-reactive ketones (excluding diaryl/α,β-unsaturated/α-hetero) is 1. The summed E-state index contributed by atoms with van der Waals surface area (Å²) in [5.74, 6) is 1.76. The lowest BCUT2D eigenvalue weighted by atomic mass is 9.84. The minimum Gasteiger partial charge on any atom is -1.00 e. The van der Waals surface area contributed by atoms with Crippen LogP contribution >= 0.6 is 0 Å². The van der Waals surface area contributed by atoms with E-state index in [9.17, 15) is 4.79 Å². The van der Waals surface area contributed by atoms with Crippen molar-refractivity contribution in [3.8, 4) is 5.75 Å². The zero-order valence-electron chi connectivity index (χ0n) is 11.3. The van der Waals surface area contributed by atoms with Crippen LogP contribution in [0.3, 0.4) is 0 Å². The zero-order chi connectivity index (χ0) is 12.6. The van der Waals surface area contributed by atoms with Crippen LogP contribution in [0.15, 0.2) is 24.3 Å². The fraction of sp³-hybridized carbons (Fsp3) is 0.533. The third-order valence-electron chi connectivity index (χ3n) is 4.53. The lowest BCUT2D eigenvalue weighted by molar-refractivity contribution is -0.943. The second-order valence-corrected chi connectivity index (χ2v) is 5.69. The lowest BCUT2D eigenvalue weighted by Crippen LogP contribution is -3.00. The van der Waals surface area contributed by atoms with E-state index < -0.39 is 0 Å². The number of benzene rings is 1. The van der Waals surface area contributed by atoms with Crippen molar-refractivity contribution in [1.29, 1.82) is 0 Å². The minimum absolute atomic E-state index is 0. The van der Waals surface area contributed by atoms with Gasteiger partial charge in [0.2, 0.25) is 0 Å². The molecule has 0 aromatic heterocycles. The van der Waals surface area contributed by atoms with E-state index >= 15 is 0 Å². The standard InChI is InChI=1S/C15H20NO2.BrH/c1-18-14-4-2-12(3-5-14)10-16-8-6-13(7-9-16)15(17)11-16;/h2-5,13H,6-11H2,1H3;1H/q+1;/p-1. The van der Waals surface area contributed by atoms with Crippen molar-refractivity contribution in [1.82, 2.24) is 0 Å². The molecule has 1 aromatic carbocycles. The molecule has 0 N–H and O–H groups in total. The molecule has 0 spiro atoms. The van der Waals surface area contributed by atoms with Crippen molar-refractivity contribution in [3.05, 3.63) is 29.8 Å². The number of fused-ring (bicyclic) bond motifs is 3. The highest BCUT2D eigenvalue weighted by Gasteiger charge is 2.44. The highest BCUT2D eigenvalue weighted by molar-refractivity contribution is 5.83. The van der Waals surface area contributed by atoms with Gasteiger partial charge in [0.1, 0.15) is 18.8 Å². The molecule has 3 heterocycles. The van der Waals surface area contributed by atoms with E-state index in [0.29, 0.717) is 11.7 Å². The maximum Gasteiger partial charge on any atom is 0.190 e. The first-order chi connectivity index (χ1) is 8.71. The number of halogens is 1. The largest absolute Gasteiger partial charge is 1.00 e. The van der Waals surface area contributed by atoms with Crippen molar-refractivity contribution < 1.29 is 31.0 Å². The van der Waals surface area contributed by atoms with E-state index in [1.54, 1.807) is 7.11 Å². The van der Waals surface area contributed by atoms with Crippen LogP contribution in [0.5, 0.6) is 5.75 Å². The summed E-state index contributed by atoms with van der Waals surface area (Å²) < 4.78 is 6.15. The maximum absolute atomic E-state index is 11.9. The van der Waals surface area contributed by atoms with Gasteiger partial charge in [-0.3, -0.25) is 4.79 Å². The fourth-order valence-corrected chi connectivity index (χ4v) is 3.39. The summed E-state index contributed by atoms with van der Waals surface area (Å²) in [6, 6.07) is 8.26. The third-order valence-corrected chi connectivity index (χ3v) is 4.53. The Hall–Kier alpha value is -0.870. The molecule has 3 nitrogen and oxygen atoms in total. The van der Waals surface area contributed by atoms with Gasteiger partial charge >= 0.3 is 0 Å². The summed E-state index contributed by atoms with van der Waals surface area (Å²) in [5.41, 5.74) is 1.31. The average molecular weight is 326 g/mol. The van der Waals surface area contributed by atoms with Gasteiger partial charge in [0, 0.05) is 24.3 Å². The molecule has 0 amide bonds. The van der Waals surface area contributed by atoms with Crippen molar-refractivity contribution in [2.45, 2.75) is 19.4 Å². The van der Waals surface area contributed by atoms with Gasteiger partial charge in [0.15, 0.2) is 5.78 Å². The second kappa shape index (κ2) is 5.63. The summed E-state index contributed by atoms with van der Waals surface area (Å²) in [6.07, 6.45) is 2.18. The number of rotatable bonds is 3. The number of nitrogens with zero attached hydrogens (tertiary/aromatic N) is 1. The summed E-state index contributed by atoms with van der Waals surface area (Å²) in [6.45, 7) is 4.07. The normalized spacial score (nSPS) is 28.9. The zero-order valence-corrected chi connectivity index (χ0v) is 12.9. The van der Waals surface area contributed by atoms with Crippen molar-refractivity contribution in [2.75, 3.05) is 26.7 Å². The van der Waals surface area contributed by atoms with Crippen molar-refractivity contribution >= 4 is 5.78 Å². The Morgan fingerprint density at radius 2 is 1.84 bits per heavy atom. The van der Waals surface area contributed by atoms with Crippen LogP contribution in [0.1, 0.15) is 18.4 Å². The highest BCUT2D eigenvalue weighted by Crippen LogP contribution is 2.33. The topological polar surface area (TPSA) is 26.3 Å². The Kier molecular flexibility index (Phi) is 4.31. The van der Waals surface area contributed by atoms with E-state index in [4.69, 9.17) is 4.74 Å². The average Bonchev–Trinajstić information content (AvgIpc) is 2.40. The first-order valence-electron chi connectivity index (χ1n) is 6.72. The van der Waals surface area contributed by atoms with Crippen LogP contribution in [0.25, 0.3) is 0 Å². The Labute approximate surface area is 124 Å². The molecular formula is C15H20BrNO2. The first kappa shape index (κ1) is 14.5. The molecule has 2 bridgehead atoms. The number of ether oxygens (including phenoxy) is 1. The van der Waals surface area contributed by atoms with Crippen molar-refractivity contribution in [3.63, 3.8) is 0 Å². The van der Waals surface area contributed by atoms with Gasteiger partial charge in [-0.25, -0.2) is 0 Å². The number of quaternary nitrogens is 1. The summed E-state index contributed by atoms with van der Waals surface area (Å²) in [5, 5.41) is 0. The predicted octanol–water partition coefficient (Wildman–Crippen LogP) is -0.991. The van der Waals surface area contributed by atoms with Crippen LogP contribution in [-0.4, -0.2) is 37.0 Å². The maximum atomic E-state index is 11.9. The highest BCUT2D eigenvalue weighted by atomic mass is 79.9. The third kappa shape index (κ3) is 2.84. The lowest BCUT2D eigenvalue weighted by Gasteiger charge is -2.48. The van der Waals surface area contributed by atoms with E-state index in [0.717, 1.165) is 36.2 Å². The van der Waals surface area contributed by atoms with Crippen LogP contribution in [-0.2, 0) is 11.3 Å². The van der Waals surface area contributed by atoms with Crippen molar-refractivity contribution in [2.24, 2.45) is 5.92 Å². The number of hydrogen-bond donors (Lipinski definition) is 0. The summed E-state index contributed by atoms with van der Waals surface area (Å²) in [4.78, 5) is 11.9. The molecule has 3 aliphatic rings. The van der Waals surface area contributed by atoms with Crippen LogP contribution in [0, 0.1) is 5.92 Å². The van der Waals surface area contributed by atoms with Gasteiger partial charge in [-0.15, -0.1) is 0 Å². The summed E-state index contributed by atoms with van der Waals surface area (Å²) >= 11 is 0. The smallest absolute Gasteiger partial charge is 0.190 e. The van der Waals surface area contributed by atoms with E-state index in [1.807, 2.05) is 12.1 Å². The van der Waals surface area contributed by atoms with E-state index in [1.165, 1.54) is 18.7 Å². The molecule has 0 radical (unpaired) electrons. The Morgan fingerprint density at radius 1 is 1.21 bits per heavy atom. The van der Waals surface area contributed by atoms with Crippen LogP contribution in [0.2, 0.25) is 0 Å². The van der Waals surface area contributed by atoms with E-state index in [2.05, 4.69) is 12.1 Å². The molecule has 3 fully saturated rings. The number of carbonyl (C=O) groups is 1. The quantitative estimate of drug-likeness (QED) is 0.667. The van der Waals surface area contributed by atoms with Gasteiger partial charge in [0.05, 0.1) is 20.2 Å². The fourth-order valence-electron chi connectivity index (χ4n) is 3.39. The Morgan fingerprint density at radius 3 is 2.37 bits per heavy atom. The van der Waals surface area contributed by atoms with Crippen LogP contribution < -0.4 is 21.7 Å². The molecule has 0 aliphatic carbocycles. The molecule has 0 atom stereocenters. The molecule has 4 heteroatoms. The second-order valence-electron chi connectivity index (χ2n) is 5.69. The molecule has 1 aromatic rings. The molecule has 104 valence electrons. The number of hydrogen-bond acceptors (Lipinski definition) is 2. The van der Waals surface area contributed by atoms with Gasteiger partial charge in [-0.1, -0.05) is 0 Å². The summed E-state index contributed by atoms with van der Waals surface area (Å²) in [7, 11) is 1.69. The SMILES string of the molecule is COc1ccc(C[N+]23CCC(CC2)C(=O)C3)cc1.[Br-]. The van der Waals surface area contributed by atoms with Gasteiger partial charge in [-0.2, -0.15) is 0 Å². The number of carbonyl (C=O) groups excluding carboxylic acids is 1. The first-order valence-corrected chi connectivity index (χ1v) is 6.72. The van der Waals surface area contributed by atoms with Gasteiger partial charge in [-0.05, 0) is 24.3 Å².